The van der Waals surface area contributed by atoms with E-state index in [0.29, 0.717) is 25.4 Å². The van der Waals surface area contributed by atoms with Crippen molar-refractivity contribution in [3.05, 3.63) is 76.7 Å². The first-order valence-corrected chi connectivity index (χ1v) is 8.58. The number of benzene rings is 2. The molecule has 3 aromatic rings. The summed E-state index contributed by atoms with van der Waals surface area (Å²) in [6, 6.07) is 18.6. The predicted octanol–water partition coefficient (Wildman–Crippen LogP) is 1.10. The first-order chi connectivity index (χ1) is 13.2. The zero-order valence-electron chi connectivity index (χ0n) is 15.1. The van der Waals surface area contributed by atoms with E-state index < -0.39 is 5.69 Å². The van der Waals surface area contributed by atoms with Gasteiger partial charge in [-0.1, -0.05) is 48.5 Å². The molecule has 0 aliphatic heterocycles. The van der Waals surface area contributed by atoms with Gasteiger partial charge in [0.1, 0.15) is 6.54 Å². The number of para-hydroxylation sites is 1. The fourth-order valence-corrected chi connectivity index (χ4v) is 2.63. The van der Waals surface area contributed by atoms with Crippen molar-refractivity contribution in [3.8, 4) is 5.69 Å². The van der Waals surface area contributed by atoms with Crippen LogP contribution in [0.4, 0.5) is 0 Å². The number of carbonyl (C=O) groups is 1. The molecule has 0 aliphatic carbocycles. The van der Waals surface area contributed by atoms with Gasteiger partial charge in [0, 0.05) is 20.2 Å². The van der Waals surface area contributed by atoms with Gasteiger partial charge in [0.15, 0.2) is 0 Å². The van der Waals surface area contributed by atoms with Crippen LogP contribution in [0.15, 0.2) is 65.5 Å². The number of carbonyl (C=O) groups excluding carboxylic acids is 1. The van der Waals surface area contributed by atoms with Crippen LogP contribution < -0.4 is 5.69 Å². The average molecular weight is 367 g/mol. The topological polar surface area (TPSA) is 82.2 Å². The van der Waals surface area contributed by atoms with Gasteiger partial charge in [0.05, 0.1) is 12.3 Å². The molecule has 140 valence electrons. The third-order valence-corrected chi connectivity index (χ3v) is 4.06. The summed E-state index contributed by atoms with van der Waals surface area (Å²) in [7, 11) is 1.58. The van der Waals surface area contributed by atoms with Crippen LogP contribution in [0.3, 0.4) is 0 Å². The minimum atomic E-state index is -0.457. The second-order valence-corrected chi connectivity index (χ2v) is 5.96. The van der Waals surface area contributed by atoms with E-state index in [4.69, 9.17) is 4.74 Å². The molecule has 0 saturated carbocycles. The molecule has 0 N–H and O–H groups in total. The van der Waals surface area contributed by atoms with Crippen LogP contribution in [-0.4, -0.2) is 50.9 Å². The summed E-state index contributed by atoms with van der Waals surface area (Å²) < 4.78 is 7.34. The van der Waals surface area contributed by atoms with E-state index >= 15 is 0 Å². The number of hydrogen-bond acceptors (Lipinski definition) is 5. The molecule has 1 heterocycles. The van der Waals surface area contributed by atoms with E-state index in [0.717, 1.165) is 10.2 Å². The number of rotatable bonds is 8. The fourth-order valence-electron chi connectivity index (χ4n) is 2.63. The lowest BCUT2D eigenvalue weighted by molar-refractivity contribution is -0.133. The van der Waals surface area contributed by atoms with Crippen LogP contribution in [0.5, 0.6) is 0 Å². The molecule has 0 saturated heterocycles. The highest BCUT2D eigenvalue weighted by Gasteiger charge is 2.18. The predicted molar refractivity (Wildman–Crippen MR) is 99.4 cm³/mol. The minimum Gasteiger partial charge on any atom is -0.383 e. The number of ether oxygens (including phenoxy) is 1. The molecule has 27 heavy (non-hydrogen) atoms. The van der Waals surface area contributed by atoms with Crippen LogP contribution in [0, 0.1) is 0 Å². The Balaban J connectivity index is 1.75. The Kier molecular flexibility index (Phi) is 6.11. The van der Waals surface area contributed by atoms with Gasteiger partial charge >= 0.3 is 5.69 Å². The molecule has 3 rings (SSSR count). The second-order valence-electron chi connectivity index (χ2n) is 5.96. The maximum Gasteiger partial charge on any atom is 0.368 e. The molecule has 0 bridgehead atoms. The summed E-state index contributed by atoms with van der Waals surface area (Å²) in [4.78, 5) is 26.9. The molecule has 1 amide bonds. The van der Waals surface area contributed by atoms with E-state index in [1.807, 2.05) is 36.4 Å². The number of hydrogen-bond donors (Lipinski definition) is 0. The van der Waals surface area contributed by atoms with E-state index in [2.05, 4.69) is 10.4 Å². The lowest BCUT2D eigenvalue weighted by Crippen LogP contribution is -2.38. The van der Waals surface area contributed by atoms with Crippen molar-refractivity contribution in [1.82, 2.24) is 24.7 Å². The zero-order valence-corrected chi connectivity index (χ0v) is 15.1. The molecule has 0 fully saturated rings. The molecule has 0 atom stereocenters. The monoisotopic (exact) mass is 367 g/mol. The van der Waals surface area contributed by atoms with Crippen LogP contribution >= 0.6 is 0 Å². The quantitative estimate of drug-likeness (QED) is 0.596. The molecule has 0 radical (unpaired) electrons. The van der Waals surface area contributed by atoms with E-state index in [-0.39, 0.29) is 12.5 Å². The van der Waals surface area contributed by atoms with Crippen LogP contribution in [0.25, 0.3) is 5.69 Å². The van der Waals surface area contributed by atoms with Crippen molar-refractivity contribution in [3.63, 3.8) is 0 Å². The van der Waals surface area contributed by atoms with Gasteiger partial charge in [-0.2, -0.15) is 9.36 Å². The normalized spacial score (nSPS) is 10.7. The Labute approximate surface area is 156 Å². The number of tetrazole rings is 1. The van der Waals surface area contributed by atoms with Crippen molar-refractivity contribution in [1.29, 1.82) is 0 Å². The largest absolute Gasteiger partial charge is 0.383 e. The third kappa shape index (κ3) is 4.68. The van der Waals surface area contributed by atoms with E-state index in [9.17, 15) is 9.59 Å². The minimum absolute atomic E-state index is 0.178. The Morgan fingerprint density at radius 3 is 2.37 bits per heavy atom. The molecule has 8 nitrogen and oxygen atoms in total. The summed E-state index contributed by atoms with van der Waals surface area (Å²) >= 11 is 0. The third-order valence-electron chi connectivity index (χ3n) is 4.06. The molecular formula is C19H21N5O3. The van der Waals surface area contributed by atoms with Crippen molar-refractivity contribution in [2.75, 3.05) is 20.3 Å². The maximum atomic E-state index is 12.8. The van der Waals surface area contributed by atoms with E-state index in [1.54, 1.807) is 36.3 Å². The molecule has 1 aromatic heterocycles. The second kappa shape index (κ2) is 8.91. The van der Waals surface area contributed by atoms with Crippen LogP contribution in [0.1, 0.15) is 5.56 Å². The lowest BCUT2D eigenvalue weighted by Gasteiger charge is -2.22. The standard InChI is InChI=1S/C19H21N5O3/c1-27-13-12-22(14-16-8-4-2-5-9-16)18(25)15-23-19(26)24(21-20-23)17-10-6-3-7-11-17/h2-11H,12-15H2,1H3. The van der Waals surface area contributed by atoms with Gasteiger partial charge in [-0.3, -0.25) is 4.79 Å². The van der Waals surface area contributed by atoms with Gasteiger partial charge in [-0.25, -0.2) is 4.79 Å². The van der Waals surface area contributed by atoms with Crippen molar-refractivity contribution in [2.24, 2.45) is 0 Å². The molecule has 0 unspecified atom stereocenters. The van der Waals surface area contributed by atoms with Gasteiger partial charge in [0.2, 0.25) is 5.91 Å². The summed E-state index contributed by atoms with van der Waals surface area (Å²) in [6.07, 6.45) is 0. The van der Waals surface area contributed by atoms with Crippen LogP contribution in [0.2, 0.25) is 0 Å². The van der Waals surface area contributed by atoms with Gasteiger partial charge in [-0.05, 0) is 28.1 Å². The Bertz CT molecular complexity index is 921. The van der Waals surface area contributed by atoms with Crippen molar-refractivity contribution >= 4 is 5.91 Å². The van der Waals surface area contributed by atoms with Crippen molar-refractivity contribution < 1.29 is 9.53 Å². The Morgan fingerprint density at radius 1 is 1.04 bits per heavy atom. The fraction of sp³-hybridized carbons (Fsp3) is 0.263. The molecular weight excluding hydrogens is 346 g/mol. The molecule has 2 aromatic carbocycles. The smallest absolute Gasteiger partial charge is 0.368 e. The average Bonchev–Trinajstić information content (AvgIpc) is 3.07. The summed E-state index contributed by atoms with van der Waals surface area (Å²) in [5, 5.41) is 7.71. The number of nitrogens with zero attached hydrogens (tertiary/aromatic N) is 5. The zero-order chi connectivity index (χ0) is 19.1. The molecule has 0 spiro atoms. The first kappa shape index (κ1) is 18.5. The summed E-state index contributed by atoms with van der Waals surface area (Å²) in [6.45, 7) is 1.09. The maximum absolute atomic E-state index is 12.8. The van der Waals surface area contributed by atoms with Crippen molar-refractivity contribution in [2.45, 2.75) is 13.1 Å². The lowest BCUT2D eigenvalue weighted by atomic mass is 10.2. The van der Waals surface area contributed by atoms with Gasteiger partial charge < -0.3 is 9.64 Å². The number of aromatic nitrogens is 4. The first-order valence-electron chi connectivity index (χ1n) is 8.58. The summed E-state index contributed by atoms with van der Waals surface area (Å²) in [5.74, 6) is -0.224. The SMILES string of the molecule is COCCN(Cc1ccccc1)C(=O)Cn1nnn(-c2ccccc2)c1=O. The highest BCUT2D eigenvalue weighted by atomic mass is 16.5. The highest BCUT2D eigenvalue weighted by Crippen LogP contribution is 2.06. The molecule has 0 aliphatic rings. The Hall–Kier alpha value is -3.26. The highest BCUT2D eigenvalue weighted by molar-refractivity contribution is 5.75. The summed E-state index contributed by atoms with van der Waals surface area (Å²) in [5.41, 5.74) is 1.14. The molecule has 8 heteroatoms. The van der Waals surface area contributed by atoms with Crippen LogP contribution in [-0.2, 0) is 22.6 Å². The van der Waals surface area contributed by atoms with Gasteiger partial charge in [-0.15, -0.1) is 0 Å². The Morgan fingerprint density at radius 2 is 1.70 bits per heavy atom. The van der Waals surface area contributed by atoms with Gasteiger partial charge in [0.25, 0.3) is 0 Å². The number of amides is 1. The number of methoxy groups -OCH3 is 1. The van der Waals surface area contributed by atoms with E-state index in [1.165, 1.54) is 4.68 Å².